The summed E-state index contributed by atoms with van der Waals surface area (Å²) in [7, 11) is 1.45. The van der Waals surface area contributed by atoms with E-state index in [1.54, 1.807) is 18.3 Å². The van der Waals surface area contributed by atoms with Gasteiger partial charge in [0, 0.05) is 80.6 Å². The zero-order valence-corrected chi connectivity index (χ0v) is 32.3. The van der Waals surface area contributed by atoms with Crippen LogP contribution in [0.25, 0.3) is 5.65 Å². The quantitative estimate of drug-likeness (QED) is 0.104. The number of amides is 3. The average molecular weight is 763 g/mol. The Labute approximate surface area is 328 Å². The van der Waals surface area contributed by atoms with Gasteiger partial charge in [-0.2, -0.15) is 9.61 Å². The molecule has 4 aliphatic rings. The number of fused-ring (bicyclic) bond motifs is 1. The number of nitrogens with two attached hydrogens (primary N) is 1. The predicted octanol–water partition coefficient (Wildman–Crippen LogP) is 4.94. The molecule has 4 fully saturated rings. The number of anilines is 3. The van der Waals surface area contributed by atoms with Crippen molar-refractivity contribution < 1.29 is 19.1 Å². The van der Waals surface area contributed by atoms with E-state index in [2.05, 4.69) is 59.7 Å². The van der Waals surface area contributed by atoms with Crippen LogP contribution in [0.15, 0.2) is 60.9 Å². The first-order chi connectivity index (χ1) is 27.3. The van der Waals surface area contributed by atoms with Crippen LogP contribution < -0.4 is 26.0 Å². The molecule has 14 heteroatoms. The molecule has 5 N–H and O–H groups in total. The molecule has 1 unspecified atom stereocenters. The number of imidazole rings is 1. The summed E-state index contributed by atoms with van der Waals surface area (Å²) in [5.74, 6) is 0.807. The Bertz CT molecular complexity index is 1990. The normalized spacial score (nSPS) is 20.2. The van der Waals surface area contributed by atoms with Gasteiger partial charge in [0.15, 0.2) is 11.5 Å². The second-order valence-electron chi connectivity index (χ2n) is 15.4. The lowest BCUT2D eigenvalue weighted by atomic mass is 9.88. The highest BCUT2D eigenvalue weighted by Gasteiger charge is 2.30. The number of imide groups is 1. The Morgan fingerprint density at radius 3 is 2.43 bits per heavy atom. The number of piperidine rings is 2. The fourth-order valence-corrected chi connectivity index (χ4v) is 8.66. The SMILES string of the molecule is COc1cc(N)c(C=N)cc1C(=O)Nc1cnc2cccnn12.O=C1CCC(c2ccc(N3CCN(C4CCN(CC5CCCCC5)CC4)CC3)cc2)C(=O)N1. The molecule has 296 valence electrons. The third kappa shape index (κ3) is 9.19. The van der Waals surface area contributed by atoms with Crippen LogP contribution >= 0.6 is 0 Å². The lowest BCUT2D eigenvalue weighted by Crippen LogP contribution is -2.53. The standard InChI is InChI=1S/C27H40N4O2.C15H14N6O2/c32-26-11-10-25(27(33)28-26)22-6-8-23(9-7-22)30-16-18-31(19-17-30)24-12-14-29(15-13-24)20-21-4-2-1-3-5-21;1-23-12-6-11(17)9(7-16)5-10(12)15(22)20-14-8-18-13-3-2-4-19-21(13)14/h6-9,21,24-25H,1-5,10-20H2,(H,28,32,33);2-8,16H,17H2,1H3,(H,20,22). The van der Waals surface area contributed by atoms with Crippen molar-refractivity contribution in [2.75, 3.05) is 68.9 Å². The highest BCUT2D eigenvalue weighted by atomic mass is 16.5. The van der Waals surface area contributed by atoms with E-state index < -0.39 is 5.91 Å². The van der Waals surface area contributed by atoms with Gasteiger partial charge in [-0.1, -0.05) is 31.4 Å². The maximum atomic E-state index is 12.5. The number of carbonyl (C=O) groups is 3. The average Bonchev–Trinajstić information content (AvgIpc) is 3.64. The summed E-state index contributed by atoms with van der Waals surface area (Å²) in [6.45, 7) is 8.33. The van der Waals surface area contributed by atoms with Crippen molar-refractivity contribution in [2.24, 2.45) is 5.92 Å². The van der Waals surface area contributed by atoms with Crippen LogP contribution in [0.2, 0.25) is 0 Å². The molecule has 1 aliphatic carbocycles. The van der Waals surface area contributed by atoms with E-state index in [1.165, 1.54) is 100 Å². The molecule has 2 aromatic carbocycles. The Morgan fingerprint density at radius 2 is 1.73 bits per heavy atom. The summed E-state index contributed by atoms with van der Waals surface area (Å²) in [6, 6.07) is 15.8. The van der Waals surface area contributed by atoms with E-state index in [0.29, 0.717) is 41.3 Å². The minimum Gasteiger partial charge on any atom is -0.496 e. The number of nitrogens with one attached hydrogen (secondary N) is 3. The summed E-state index contributed by atoms with van der Waals surface area (Å²) >= 11 is 0. The number of aromatic nitrogens is 3. The van der Waals surface area contributed by atoms with Gasteiger partial charge in [-0.3, -0.25) is 24.6 Å². The molecule has 2 aromatic heterocycles. The molecule has 4 aromatic rings. The van der Waals surface area contributed by atoms with Crippen molar-refractivity contribution in [3.63, 3.8) is 0 Å². The third-order valence-electron chi connectivity index (χ3n) is 11.9. The van der Waals surface area contributed by atoms with E-state index in [9.17, 15) is 14.4 Å². The molecule has 3 saturated heterocycles. The first-order valence-corrected chi connectivity index (χ1v) is 20.0. The minimum atomic E-state index is -0.405. The van der Waals surface area contributed by atoms with E-state index in [-0.39, 0.29) is 23.3 Å². The number of hydrogen-bond acceptors (Lipinski definition) is 11. The largest absolute Gasteiger partial charge is 0.496 e. The predicted molar refractivity (Wildman–Crippen MR) is 218 cm³/mol. The van der Waals surface area contributed by atoms with Crippen molar-refractivity contribution in [3.8, 4) is 5.75 Å². The number of hydrogen-bond donors (Lipinski definition) is 4. The van der Waals surface area contributed by atoms with Crippen LogP contribution in [0.1, 0.15) is 85.2 Å². The topological polar surface area (TPSA) is 174 Å². The smallest absolute Gasteiger partial charge is 0.260 e. The molecule has 0 radical (unpaired) electrons. The van der Waals surface area contributed by atoms with Gasteiger partial charge in [0.05, 0.1) is 24.8 Å². The van der Waals surface area contributed by atoms with E-state index in [0.717, 1.165) is 49.9 Å². The van der Waals surface area contributed by atoms with Crippen LogP contribution in [-0.2, 0) is 9.59 Å². The van der Waals surface area contributed by atoms with Gasteiger partial charge in [0.1, 0.15) is 5.75 Å². The molecule has 0 spiro atoms. The van der Waals surface area contributed by atoms with E-state index in [1.807, 2.05) is 0 Å². The van der Waals surface area contributed by atoms with Gasteiger partial charge in [-0.05, 0) is 87.0 Å². The molecule has 3 amide bonds. The van der Waals surface area contributed by atoms with Crippen molar-refractivity contribution in [2.45, 2.75) is 69.7 Å². The minimum absolute atomic E-state index is 0.152. The number of ether oxygens (including phenoxy) is 1. The van der Waals surface area contributed by atoms with Gasteiger partial charge in [-0.15, -0.1) is 0 Å². The first kappa shape index (κ1) is 38.9. The highest BCUT2D eigenvalue weighted by molar-refractivity contribution is 6.07. The number of rotatable bonds is 9. The molecule has 1 atom stereocenters. The number of piperazine rings is 1. The Kier molecular flexibility index (Phi) is 12.6. The number of nitrogens with zero attached hydrogens (tertiary/aromatic N) is 6. The van der Waals surface area contributed by atoms with Crippen molar-refractivity contribution >= 4 is 46.8 Å². The van der Waals surface area contributed by atoms with Crippen LogP contribution in [0.3, 0.4) is 0 Å². The second kappa shape index (κ2) is 18.1. The second-order valence-corrected chi connectivity index (χ2v) is 15.4. The summed E-state index contributed by atoms with van der Waals surface area (Å²) < 4.78 is 6.71. The molecule has 8 rings (SSSR count). The molecule has 1 saturated carbocycles. The molecular formula is C42H54N10O4. The Balaban J connectivity index is 0.000000183. The number of carbonyl (C=O) groups excluding carboxylic acids is 3. The van der Waals surface area contributed by atoms with Gasteiger partial charge in [0.25, 0.3) is 5.91 Å². The van der Waals surface area contributed by atoms with Crippen molar-refractivity contribution in [1.82, 2.24) is 29.7 Å². The van der Waals surface area contributed by atoms with Gasteiger partial charge < -0.3 is 31.0 Å². The monoisotopic (exact) mass is 762 g/mol. The van der Waals surface area contributed by atoms with Crippen LogP contribution in [-0.4, -0.2) is 107 Å². The van der Waals surface area contributed by atoms with E-state index >= 15 is 0 Å². The lowest BCUT2D eigenvalue weighted by Gasteiger charge is -2.44. The van der Waals surface area contributed by atoms with Crippen LogP contribution in [0.5, 0.6) is 5.75 Å². The van der Waals surface area contributed by atoms with Crippen molar-refractivity contribution in [3.05, 3.63) is 77.6 Å². The highest BCUT2D eigenvalue weighted by Crippen LogP contribution is 2.30. The molecule has 56 heavy (non-hydrogen) atoms. The number of benzene rings is 2. The van der Waals surface area contributed by atoms with Crippen LogP contribution in [0.4, 0.5) is 17.2 Å². The molecule has 5 heterocycles. The summed E-state index contributed by atoms with van der Waals surface area (Å²) in [4.78, 5) is 48.2. The van der Waals surface area contributed by atoms with Crippen molar-refractivity contribution in [1.29, 1.82) is 5.41 Å². The Morgan fingerprint density at radius 1 is 0.982 bits per heavy atom. The zero-order valence-electron chi connectivity index (χ0n) is 32.3. The molecule has 0 bridgehead atoms. The summed E-state index contributed by atoms with van der Waals surface area (Å²) in [5, 5.41) is 16.7. The lowest BCUT2D eigenvalue weighted by molar-refractivity contribution is -0.134. The maximum absolute atomic E-state index is 12.5. The summed E-state index contributed by atoms with van der Waals surface area (Å²) in [6.07, 6.45) is 15.2. The number of methoxy groups -OCH3 is 1. The van der Waals surface area contributed by atoms with Gasteiger partial charge in [-0.25, -0.2) is 4.98 Å². The van der Waals surface area contributed by atoms with Gasteiger partial charge >= 0.3 is 0 Å². The summed E-state index contributed by atoms with van der Waals surface area (Å²) in [5.41, 5.74) is 9.75. The first-order valence-electron chi connectivity index (χ1n) is 20.0. The fraction of sp³-hybridized carbons (Fsp3) is 0.476. The van der Waals surface area contributed by atoms with Crippen LogP contribution in [0, 0.1) is 11.3 Å². The Hall–Kier alpha value is -5.34. The van der Waals surface area contributed by atoms with E-state index in [4.69, 9.17) is 15.9 Å². The molecule has 3 aliphatic heterocycles. The zero-order chi connectivity index (χ0) is 39.0. The molecule has 14 nitrogen and oxygen atoms in total. The fourth-order valence-electron chi connectivity index (χ4n) is 8.66. The third-order valence-corrected chi connectivity index (χ3v) is 11.9. The van der Waals surface area contributed by atoms with Gasteiger partial charge in [0.2, 0.25) is 11.8 Å². The number of likely N-dealkylation sites (tertiary alicyclic amines) is 1. The number of nitrogen functional groups attached to an aromatic ring is 1. The maximum Gasteiger partial charge on any atom is 0.260 e. The molecular weight excluding hydrogens is 709 g/mol.